The molecule has 2 rings (SSSR count). The van der Waals surface area contributed by atoms with E-state index in [-0.39, 0.29) is 5.82 Å². The number of halogens is 2. The molecular formula is C15H13BrFN3S. The van der Waals surface area contributed by atoms with Crippen molar-refractivity contribution in [1.82, 2.24) is 0 Å². The van der Waals surface area contributed by atoms with Gasteiger partial charge in [-0.3, -0.25) is 0 Å². The summed E-state index contributed by atoms with van der Waals surface area (Å²) in [6.07, 6.45) is 1.34. The van der Waals surface area contributed by atoms with E-state index in [1.165, 1.54) is 24.0 Å². The third-order valence-corrected chi connectivity index (χ3v) is 3.89. The van der Waals surface area contributed by atoms with Crippen LogP contribution in [-0.2, 0) is 5.75 Å². The van der Waals surface area contributed by atoms with Crippen LogP contribution in [0.25, 0.3) is 0 Å². The highest BCUT2D eigenvalue weighted by Gasteiger charge is 1.99. The lowest BCUT2D eigenvalue weighted by atomic mass is 10.2. The Morgan fingerprint density at radius 2 is 2.00 bits per heavy atom. The number of rotatable bonds is 4. The summed E-state index contributed by atoms with van der Waals surface area (Å²) in [7, 11) is 0. The first-order valence-corrected chi connectivity index (χ1v) is 7.91. The topological polar surface area (TPSA) is 50.7 Å². The highest BCUT2D eigenvalue weighted by atomic mass is 79.9. The van der Waals surface area contributed by atoms with Gasteiger partial charge in [0.1, 0.15) is 5.82 Å². The van der Waals surface area contributed by atoms with Gasteiger partial charge in [-0.05, 0) is 23.8 Å². The van der Waals surface area contributed by atoms with Crippen LogP contribution >= 0.6 is 27.7 Å². The molecule has 2 aromatic carbocycles. The molecule has 2 aromatic rings. The third-order valence-electron chi connectivity index (χ3n) is 2.55. The second-order valence-electron chi connectivity index (χ2n) is 4.12. The predicted octanol–water partition coefficient (Wildman–Crippen LogP) is 4.17. The molecule has 0 bridgehead atoms. The minimum atomic E-state index is -0.362. The second-order valence-corrected chi connectivity index (χ2v) is 6.03. The van der Waals surface area contributed by atoms with Crippen LogP contribution in [0.1, 0.15) is 11.1 Å². The van der Waals surface area contributed by atoms with Crippen molar-refractivity contribution in [2.75, 3.05) is 0 Å². The van der Waals surface area contributed by atoms with Gasteiger partial charge in [0.2, 0.25) is 0 Å². The SMILES string of the molecule is NC(=NN=Cc1ccc(Br)cc1F)SCc1ccccc1. The highest BCUT2D eigenvalue weighted by Crippen LogP contribution is 2.14. The summed E-state index contributed by atoms with van der Waals surface area (Å²) < 4.78 is 14.2. The van der Waals surface area contributed by atoms with E-state index in [2.05, 4.69) is 26.1 Å². The zero-order chi connectivity index (χ0) is 15.1. The molecule has 0 aliphatic rings. The van der Waals surface area contributed by atoms with Crippen LogP contribution in [0.2, 0.25) is 0 Å². The van der Waals surface area contributed by atoms with Crippen LogP contribution in [0.15, 0.2) is 63.2 Å². The van der Waals surface area contributed by atoms with E-state index < -0.39 is 0 Å². The highest BCUT2D eigenvalue weighted by molar-refractivity contribution is 9.10. The first-order valence-electron chi connectivity index (χ1n) is 6.13. The quantitative estimate of drug-likeness (QED) is 0.502. The molecule has 0 heterocycles. The fourth-order valence-electron chi connectivity index (χ4n) is 1.51. The summed E-state index contributed by atoms with van der Waals surface area (Å²) in [4.78, 5) is 0. The molecule has 0 saturated carbocycles. The fourth-order valence-corrected chi connectivity index (χ4v) is 2.46. The standard InChI is InChI=1S/C15H13BrFN3S/c16-13-7-6-12(14(17)8-13)9-19-20-15(18)21-10-11-4-2-1-3-5-11/h1-9H,10H2,(H2,18,20). The lowest BCUT2D eigenvalue weighted by molar-refractivity contribution is 0.625. The maximum atomic E-state index is 13.5. The molecule has 0 aliphatic heterocycles. The number of hydrogen-bond acceptors (Lipinski definition) is 3. The van der Waals surface area contributed by atoms with Gasteiger partial charge in [0.15, 0.2) is 5.17 Å². The molecule has 3 nitrogen and oxygen atoms in total. The molecular weight excluding hydrogens is 353 g/mol. The summed E-state index contributed by atoms with van der Waals surface area (Å²) in [5.41, 5.74) is 7.27. The minimum absolute atomic E-state index is 0.340. The predicted molar refractivity (Wildman–Crippen MR) is 91.1 cm³/mol. The average Bonchev–Trinajstić information content (AvgIpc) is 2.48. The number of amidine groups is 1. The first-order chi connectivity index (χ1) is 10.1. The summed E-state index contributed by atoms with van der Waals surface area (Å²) in [6, 6.07) is 14.7. The Hall–Kier alpha value is -1.66. The number of hydrogen-bond donors (Lipinski definition) is 1. The van der Waals surface area contributed by atoms with Crippen LogP contribution in [0.5, 0.6) is 0 Å². The molecule has 2 N–H and O–H groups in total. The molecule has 0 aliphatic carbocycles. The summed E-state index contributed by atoms with van der Waals surface area (Å²) in [5.74, 6) is 0.358. The summed E-state index contributed by atoms with van der Waals surface area (Å²) in [5, 5.41) is 7.99. The molecule has 108 valence electrons. The van der Waals surface area contributed by atoms with Crippen molar-refractivity contribution in [3.8, 4) is 0 Å². The van der Waals surface area contributed by atoms with Crippen LogP contribution in [0.4, 0.5) is 4.39 Å². The van der Waals surface area contributed by atoms with E-state index in [0.29, 0.717) is 15.2 Å². The molecule has 0 saturated heterocycles. The van der Waals surface area contributed by atoms with Gasteiger partial charge in [-0.15, -0.1) is 5.10 Å². The normalized spacial score (nSPS) is 12.0. The molecule has 0 spiro atoms. The summed E-state index contributed by atoms with van der Waals surface area (Å²) in [6.45, 7) is 0. The van der Waals surface area contributed by atoms with Crippen LogP contribution in [0.3, 0.4) is 0 Å². The number of benzene rings is 2. The Kier molecular flexibility index (Phi) is 5.95. The van der Waals surface area contributed by atoms with E-state index in [0.717, 1.165) is 11.3 Å². The first kappa shape index (κ1) is 15.7. The lowest BCUT2D eigenvalue weighted by Gasteiger charge is -1.99. The Bertz CT molecular complexity index is 659. The largest absolute Gasteiger partial charge is 0.377 e. The zero-order valence-corrected chi connectivity index (χ0v) is 13.4. The van der Waals surface area contributed by atoms with Crippen molar-refractivity contribution in [3.63, 3.8) is 0 Å². The smallest absolute Gasteiger partial charge is 0.180 e. The molecule has 0 atom stereocenters. The van der Waals surface area contributed by atoms with Gasteiger partial charge in [0.25, 0.3) is 0 Å². The van der Waals surface area contributed by atoms with Crippen molar-refractivity contribution in [2.45, 2.75) is 5.75 Å². The Morgan fingerprint density at radius 1 is 1.24 bits per heavy atom. The number of nitrogens with zero attached hydrogens (tertiary/aromatic N) is 2. The van der Waals surface area contributed by atoms with Gasteiger partial charge < -0.3 is 5.73 Å². The van der Waals surface area contributed by atoms with Crippen LogP contribution < -0.4 is 5.73 Å². The van der Waals surface area contributed by atoms with Crippen molar-refractivity contribution in [2.24, 2.45) is 15.9 Å². The molecule has 0 amide bonds. The Morgan fingerprint density at radius 3 is 2.71 bits per heavy atom. The lowest BCUT2D eigenvalue weighted by Crippen LogP contribution is -2.06. The van der Waals surface area contributed by atoms with Crippen molar-refractivity contribution < 1.29 is 4.39 Å². The van der Waals surface area contributed by atoms with Crippen molar-refractivity contribution in [1.29, 1.82) is 0 Å². The molecule has 0 fully saturated rings. The fraction of sp³-hybridized carbons (Fsp3) is 0.0667. The van der Waals surface area contributed by atoms with Gasteiger partial charge in [0.05, 0.1) is 6.21 Å². The molecule has 0 unspecified atom stereocenters. The van der Waals surface area contributed by atoms with Gasteiger partial charge in [0, 0.05) is 15.8 Å². The van der Waals surface area contributed by atoms with E-state index in [1.54, 1.807) is 12.1 Å². The second kappa shape index (κ2) is 7.95. The minimum Gasteiger partial charge on any atom is -0.377 e. The third kappa shape index (κ3) is 5.32. The monoisotopic (exact) mass is 365 g/mol. The average molecular weight is 366 g/mol. The van der Waals surface area contributed by atoms with Crippen molar-refractivity contribution in [3.05, 3.63) is 69.9 Å². The maximum absolute atomic E-state index is 13.5. The van der Waals surface area contributed by atoms with Crippen molar-refractivity contribution >= 4 is 39.1 Å². The van der Waals surface area contributed by atoms with Crippen LogP contribution in [-0.4, -0.2) is 11.4 Å². The van der Waals surface area contributed by atoms with E-state index >= 15 is 0 Å². The molecule has 0 aromatic heterocycles. The molecule has 0 radical (unpaired) electrons. The molecule has 6 heteroatoms. The molecule has 21 heavy (non-hydrogen) atoms. The van der Waals surface area contributed by atoms with Gasteiger partial charge >= 0.3 is 0 Å². The number of nitrogens with two attached hydrogens (primary N) is 1. The summed E-state index contributed by atoms with van der Waals surface area (Å²) >= 11 is 4.58. The van der Waals surface area contributed by atoms with Gasteiger partial charge in [-0.2, -0.15) is 5.10 Å². The van der Waals surface area contributed by atoms with E-state index in [4.69, 9.17) is 5.73 Å². The maximum Gasteiger partial charge on any atom is 0.180 e. The number of thioether (sulfide) groups is 1. The zero-order valence-electron chi connectivity index (χ0n) is 11.0. The van der Waals surface area contributed by atoms with E-state index in [9.17, 15) is 4.39 Å². The van der Waals surface area contributed by atoms with Gasteiger partial charge in [-0.1, -0.05) is 58.0 Å². The van der Waals surface area contributed by atoms with Crippen LogP contribution in [0, 0.1) is 5.82 Å². The Balaban J connectivity index is 1.92. The van der Waals surface area contributed by atoms with Gasteiger partial charge in [-0.25, -0.2) is 4.39 Å². The van der Waals surface area contributed by atoms with E-state index in [1.807, 2.05) is 30.3 Å². The Labute approximate surface area is 135 Å².